The summed E-state index contributed by atoms with van der Waals surface area (Å²) in [5, 5.41) is 0.703. The van der Waals surface area contributed by atoms with Crippen LogP contribution in [0.1, 0.15) is 75.8 Å². The molecule has 0 aliphatic heterocycles. The van der Waals surface area contributed by atoms with Gasteiger partial charge in [0.2, 0.25) is 0 Å². The first-order valence-corrected chi connectivity index (χ1v) is 15.1. The number of rotatable bonds is 10. The van der Waals surface area contributed by atoms with E-state index in [0.29, 0.717) is 11.6 Å². The van der Waals surface area contributed by atoms with Crippen molar-refractivity contribution in [3.63, 3.8) is 0 Å². The van der Waals surface area contributed by atoms with Crippen molar-refractivity contribution < 1.29 is 0 Å². The summed E-state index contributed by atoms with van der Waals surface area (Å²) in [6.45, 7) is 4.18. The highest BCUT2D eigenvalue weighted by molar-refractivity contribution is 5.98. The van der Waals surface area contributed by atoms with Crippen molar-refractivity contribution in [3.05, 3.63) is 107 Å². The highest BCUT2D eigenvalue weighted by atomic mass is 16.2. The van der Waals surface area contributed by atoms with E-state index in [4.69, 9.17) is 0 Å². The molecule has 1 aliphatic rings. The number of aromatic nitrogens is 2. The molecule has 6 nitrogen and oxygen atoms in total. The number of aryl methyl sites for hydroxylation is 1. The molecule has 0 bridgehead atoms. The number of allylic oxidation sites excluding steroid dienone is 4. The maximum absolute atomic E-state index is 13.4. The molecule has 1 aliphatic carbocycles. The van der Waals surface area contributed by atoms with Crippen molar-refractivity contribution in [1.82, 2.24) is 9.13 Å². The minimum Gasteiger partial charge on any atom is -0.277 e. The fraction of sp³-hybridized carbons (Fsp3) is 0.429. The molecule has 2 aromatic carbocycles. The Morgan fingerprint density at radius 3 is 1.88 bits per heavy atom. The maximum Gasteiger partial charge on any atom is 0.266 e. The molecule has 2 aromatic heterocycles. The number of benzene rings is 2. The lowest BCUT2D eigenvalue weighted by molar-refractivity contribution is 0.263. The van der Waals surface area contributed by atoms with Crippen LogP contribution >= 0.6 is 0 Å². The minimum atomic E-state index is -0.453. The van der Waals surface area contributed by atoms with E-state index in [1.165, 1.54) is 62.3 Å². The van der Waals surface area contributed by atoms with Crippen LogP contribution < -0.4 is 22.2 Å². The molecular formula is C35H40N2O4. The summed E-state index contributed by atoms with van der Waals surface area (Å²) in [6.07, 6.45) is 20.8. The molecule has 2 heterocycles. The molecule has 214 valence electrons. The molecule has 6 heteroatoms. The summed E-state index contributed by atoms with van der Waals surface area (Å²) in [4.78, 5) is 51.7. The van der Waals surface area contributed by atoms with Gasteiger partial charge < -0.3 is 0 Å². The number of unbranched alkanes of at least 4 members (excludes halogenated alkanes) is 1. The second kappa shape index (κ2) is 12.4. The Morgan fingerprint density at radius 1 is 0.707 bits per heavy atom. The topological polar surface area (TPSA) is 78.1 Å². The van der Waals surface area contributed by atoms with Gasteiger partial charge in [0.05, 0.1) is 27.2 Å². The van der Waals surface area contributed by atoms with Crippen LogP contribution in [0.25, 0.3) is 27.2 Å². The van der Waals surface area contributed by atoms with Crippen molar-refractivity contribution in [1.29, 1.82) is 0 Å². The third kappa shape index (κ3) is 5.97. The van der Waals surface area contributed by atoms with E-state index >= 15 is 0 Å². The third-order valence-electron chi connectivity index (χ3n) is 8.77. The van der Waals surface area contributed by atoms with Gasteiger partial charge in [0.25, 0.3) is 22.2 Å². The number of nitrogens with zero attached hydrogens (tertiary/aromatic N) is 2. The van der Waals surface area contributed by atoms with E-state index in [1.807, 2.05) is 19.1 Å². The van der Waals surface area contributed by atoms with Gasteiger partial charge in [0.15, 0.2) is 0 Å². The molecule has 0 amide bonds. The summed E-state index contributed by atoms with van der Waals surface area (Å²) in [7, 11) is 1.40. The monoisotopic (exact) mass is 552 g/mol. The SMILES string of the molecule is CCC/C=C/C/C=C/CCC1CCC(Cc2cc(C)cc(-n3c(=O)c4cc5c(=O)n(C)c(=O)c5cc4c3=O)c2)CC1. The first-order chi connectivity index (χ1) is 19.8. The van der Waals surface area contributed by atoms with Gasteiger partial charge in [-0.1, -0.05) is 56.6 Å². The Kier molecular flexibility index (Phi) is 8.67. The van der Waals surface area contributed by atoms with Gasteiger partial charge in [-0.3, -0.25) is 23.7 Å². The Labute approximate surface area is 240 Å². The van der Waals surface area contributed by atoms with Crippen molar-refractivity contribution >= 4 is 21.5 Å². The fourth-order valence-electron chi connectivity index (χ4n) is 6.48. The second-order valence-electron chi connectivity index (χ2n) is 11.9. The first-order valence-electron chi connectivity index (χ1n) is 15.1. The fourth-order valence-corrected chi connectivity index (χ4v) is 6.48. The molecule has 0 atom stereocenters. The standard InChI is InChI=1S/C35H40N2O4/c1-4-5-6-7-8-9-10-11-12-24-13-15-25(16-14-24)19-26-17-23(2)18-27(20-26)37-34(40)30-21-28-29(22-31(30)35(37)41)33(39)36(3)32(28)38/h6-7,9-10,17-18,20-22,24-25H,4-5,8,11-16,19H2,1-3H3/b7-6+,10-9+. The first kappa shape index (κ1) is 28.7. The summed E-state index contributed by atoms with van der Waals surface area (Å²) < 4.78 is 2.21. The second-order valence-corrected chi connectivity index (χ2v) is 11.9. The summed E-state index contributed by atoms with van der Waals surface area (Å²) in [5.41, 5.74) is 0.862. The molecule has 41 heavy (non-hydrogen) atoms. The van der Waals surface area contributed by atoms with Crippen LogP contribution in [0, 0.1) is 18.8 Å². The van der Waals surface area contributed by atoms with Crippen LogP contribution in [0.15, 0.2) is 73.8 Å². The number of hydrogen-bond donors (Lipinski definition) is 0. The average molecular weight is 553 g/mol. The molecule has 0 spiro atoms. The summed E-state index contributed by atoms with van der Waals surface area (Å²) in [6, 6.07) is 8.77. The zero-order valence-electron chi connectivity index (χ0n) is 24.4. The molecule has 0 saturated heterocycles. The van der Waals surface area contributed by atoms with Gasteiger partial charge in [0, 0.05) is 7.05 Å². The van der Waals surface area contributed by atoms with E-state index in [9.17, 15) is 19.2 Å². The van der Waals surface area contributed by atoms with Crippen LogP contribution in [-0.2, 0) is 13.5 Å². The zero-order valence-corrected chi connectivity index (χ0v) is 24.4. The van der Waals surface area contributed by atoms with Gasteiger partial charge in [-0.25, -0.2) is 4.57 Å². The lowest BCUT2D eigenvalue weighted by Crippen LogP contribution is -2.24. The van der Waals surface area contributed by atoms with Gasteiger partial charge in [-0.15, -0.1) is 0 Å². The lowest BCUT2D eigenvalue weighted by atomic mass is 9.77. The highest BCUT2D eigenvalue weighted by Crippen LogP contribution is 2.34. The van der Waals surface area contributed by atoms with Crippen molar-refractivity contribution in [2.45, 2.75) is 78.1 Å². The van der Waals surface area contributed by atoms with Gasteiger partial charge in [-0.05, 0) is 99.1 Å². The lowest BCUT2D eigenvalue weighted by Gasteiger charge is -2.28. The van der Waals surface area contributed by atoms with Crippen LogP contribution in [0.2, 0.25) is 0 Å². The van der Waals surface area contributed by atoms with Crippen LogP contribution in [0.4, 0.5) is 0 Å². The quantitative estimate of drug-likeness (QED) is 0.220. The molecule has 1 saturated carbocycles. The van der Waals surface area contributed by atoms with Crippen molar-refractivity contribution in [2.24, 2.45) is 18.9 Å². The Bertz CT molecular complexity index is 1740. The molecular weight excluding hydrogens is 512 g/mol. The molecule has 5 rings (SSSR count). The Morgan fingerprint density at radius 2 is 1.27 bits per heavy atom. The number of fused-ring (bicyclic) bond motifs is 2. The molecule has 4 aromatic rings. The summed E-state index contributed by atoms with van der Waals surface area (Å²) >= 11 is 0. The summed E-state index contributed by atoms with van der Waals surface area (Å²) in [5.74, 6) is 1.39. The van der Waals surface area contributed by atoms with Crippen LogP contribution in [0.5, 0.6) is 0 Å². The third-order valence-corrected chi connectivity index (χ3v) is 8.77. The maximum atomic E-state index is 13.4. The van der Waals surface area contributed by atoms with E-state index in [1.54, 1.807) is 0 Å². The normalized spacial score (nSPS) is 18.0. The number of hydrogen-bond acceptors (Lipinski definition) is 4. The van der Waals surface area contributed by atoms with E-state index in [2.05, 4.69) is 37.3 Å². The van der Waals surface area contributed by atoms with Crippen molar-refractivity contribution in [2.75, 3.05) is 0 Å². The minimum absolute atomic E-state index is 0.175. The van der Waals surface area contributed by atoms with E-state index < -0.39 is 22.2 Å². The van der Waals surface area contributed by atoms with Gasteiger partial charge >= 0.3 is 0 Å². The Hall–Kier alpha value is -3.80. The molecule has 0 radical (unpaired) electrons. The average Bonchev–Trinajstić information content (AvgIpc) is 3.33. The van der Waals surface area contributed by atoms with Gasteiger partial charge in [-0.2, -0.15) is 0 Å². The molecule has 0 unspecified atom stereocenters. The predicted molar refractivity (Wildman–Crippen MR) is 168 cm³/mol. The highest BCUT2D eigenvalue weighted by Gasteiger charge is 2.23. The molecule has 1 fully saturated rings. The van der Waals surface area contributed by atoms with Crippen molar-refractivity contribution in [3.8, 4) is 5.69 Å². The largest absolute Gasteiger partial charge is 0.277 e. The Balaban J connectivity index is 1.28. The van der Waals surface area contributed by atoms with Crippen LogP contribution in [0.3, 0.4) is 0 Å². The smallest absolute Gasteiger partial charge is 0.266 e. The van der Waals surface area contributed by atoms with E-state index in [-0.39, 0.29) is 21.5 Å². The predicted octanol–water partition coefficient (Wildman–Crippen LogP) is 6.18. The van der Waals surface area contributed by atoms with E-state index in [0.717, 1.165) is 47.3 Å². The zero-order chi connectivity index (χ0) is 29.1. The molecule has 0 N–H and O–H groups in total. The van der Waals surface area contributed by atoms with Gasteiger partial charge in [0.1, 0.15) is 0 Å². The van der Waals surface area contributed by atoms with Crippen LogP contribution in [-0.4, -0.2) is 9.13 Å².